The van der Waals surface area contributed by atoms with Gasteiger partial charge in [0.25, 0.3) is 5.91 Å². The fourth-order valence-corrected chi connectivity index (χ4v) is 7.39. The van der Waals surface area contributed by atoms with Gasteiger partial charge in [-0.15, -0.1) is 11.3 Å². The molecule has 0 aliphatic heterocycles. The molecule has 4 rings (SSSR count). The van der Waals surface area contributed by atoms with Crippen LogP contribution in [0.2, 0.25) is 0 Å². The lowest BCUT2D eigenvalue weighted by Crippen LogP contribution is -2.53. The molecule has 0 spiro atoms. The van der Waals surface area contributed by atoms with Gasteiger partial charge in [0, 0.05) is 48.3 Å². The van der Waals surface area contributed by atoms with Gasteiger partial charge in [0.2, 0.25) is 5.91 Å². The van der Waals surface area contributed by atoms with E-state index in [9.17, 15) is 14.7 Å². The summed E-state index contributed by atoms with van der Waals surface area (Å²) >= 11 is 1.51. The molecule has 2 N–H and O–H groups in total. The molecule has 0 radical (unpaired) electrons. The molecule has 2 amide bonds. The molecular formula is C26H33N5O3S. The molecular weight excluding hydrogens is 462 g/mol. The third-order valence-corrected chi connectivity index (χ3v) is 9.04. The van der Waals surface area contributed by atoms with E-state index in [1.807, 2.05) is 6.92 Å². The monoisotopic (exact) mass is 495 g/mol. The van der Waals surface area contributed by atoms with Crippen molar-refractivity contribution in [1.29, 1.82) is 5.26 Å². The zero-order valence-corrected chi connectivity index (χ0v) is 21.5. The van der Waals surface area contributed by atoms with Gasteiger partial charge in [0.1, 0.15) is 0 Å². The number of anilines is 1. The maximum atomic E-state index is 13.0. The second-order valence-electron chi connectivity index (χ2n) is 10.3. The van der Waals surface area contributed by atoms with Gasteiger partial charge in [-0.3, -0.25) is 19.9 Å². The Labute approximate surface area is 210 Å². The van der Waals surface area contributed by atoms with Crippen molar-refractivity contribution in [3.05, 3.63) is 40.7 Å². The van der Waals surface area contributed by atoms with Crippen molar-refractivity contribution in [3.63, 3.8) is 0 Å². The van der Waals surface area contributed by atoms with E-state index in [4.69, 9.17) is 10.2 Å². The first kappa shape index (κ1) is 25.3. The van der Waals surface area contributed by atoms with Gasteiger partial charge < -0.3 is 10.0 Å². The smallest absolute Gasteiger partial charge is 0.257 e. The number of pyridine rings is 1. The molecule has 6 unspecified atom stereocenters. The number of carbonyl (C=O) groups excluding carboxylic acids is 2. The maximum Gasteiger partial charge on any atom is 0.257 e. The second kappa shape index (κ2) is 10.0. The summed E-state index contributed by atoms with van der Waals surface area (Å²) < 4.78 is 0. The summed E-state index contributed by atoms with van der Waals surface area (Å²) in [5.74, 6) is -0.729. The number of nitriles is 1. The second-order valence-corrected chi connectivity index (χ2v) is 11.4. The van der Waals surface area contributed by atoms with E-state index in [2.05, 4.69) is 30.2 Å². The van der Waals surface area contributed by atoms with E-state index in [1.165, 1.54) is 11.3 Å². The highest BCUT2D eigenvalue weighted by Crippen LogP contribution is 2.57. The summed E-state index contributed by atoms with van der Waals surface area (Å²) in [6.45, 7) is 6.63. The van der Waals surface area contributed by atoms with Crippen LogP contribution in [-0.2, 0) is 11.2 Å². The van der Waals surface area contributed by atoms with Gasteiger partial charge in [-0.1, -0.05) is 20.8 Å². The van der Waals surface area contributed by atoms with Crippen molar-refractivity contribution in [2.24, 2.45) is 23.2 Å². The molecule has 2 aromatic rings. The average Bonchev–Trinajstić information content (AvgIpc) is 3.24. The quantitative estimate of drug-likeness (QED) is 0.628. The van der Waals surface area contributed by atoms with Crippen LogP contribution in [0.15, 0.2) is 24.5 Å². The van der Waals surface area contributed by atoms with E-state index in [1.54, 1.807) is 36.5 Å². The first-order valence-electron chi connectivity index (χ1n) is 12.2. The Morgan fingerprint density at radius 3 is 2.80 bits per heavy atom. The lowest BCUT2D eigenvalue weighted by atomic mass is 9.53. The Balaban J connectivity index is 1.52. The number of fused-ring (bicyclic) bond motifs is 2. The summed E-state index contributed by atoms with van der Waals surface area (Å²) in [6, 6.07) is 5.41. The number of rotatable bonds is 6. The molecule has 2 aliphatic rings. The van der Waals surface area contributed by atoms with Crippen LogP contribution in [0.25, 0.3) is 0 Å². The van der Waals surface area contributed by atoms with Crippen LogP contribution in [0, 0.1) is 34.5 Å². The van der Waals surface area contributed by atoms with E-state index in [0.717, 1.165) is 29.8 Å². The molecule has 1 saturated carbocycles. The third-order valence-electron chi connectivity index (χ3n) is 8.05. The van der Waals surface area contributed by atoms with Crippen molar-refractivity contribution >= 4 is 28.3 Å². The van der Waals surface area contributed by atoms with Gasteiger partial charge >= 0.3 is 0 Å². The maximum absolute atomic E-state index is 13.0. The summed E-state index contributed by atoms with van der Waals surface area (Å²) in [5, 5.41) is 23.9. The van der Waals surface area contributed by atoms with Gasteiger partial charge in [0.15, 0.2) is 5.13 Å². The molecule has 0 bridgehead atoms. The molecule has 2 aromatic heterocycles. The van der Waals surface area contributed by atoms with Gasteiger partial charge in [0.05, 0.1) is 24.3 Å². The van der Waals surface area contributed by atoms with Crippen molar-refractivity contribution in [2.75, 3.05) is 18.9 Å². The zero-order chi connectivity index (χ0) is 25.3. The Kier molecular flexibility index (Phi) is 7.25. The number of hydrogen-bond acceptors (Lipinski definition) is 7. The number of carbonyl (C=O) groups is 2. The van der Waals surface area contributed by atoms with Crippen LogP contribution in [0.4, 0.5) is 5.13 Å². The van der Waals surface area contributed by atoms with Gasteiger partial charge in [-0.25, -0.2) is 4.98 Å². The topological polar surface area (TPSA) is 119 Å². The SMILES string of the molecule is CC(C(=O)N(C)CCC#N)C1CCC2(C)Cc3sc(NC(=O)c4ccncc4)nc3C(C)C2C1O. The fourth-order valence-electron chi connectivity index (χ4n) is 6.13. The third kappa shape index (κ3) is 4.82. The lowest BCUT2D eigenvalue weighted by Gasteiger charge is -2.53. The van der Waals surface area contributed by atoms with Crippen molar-refractivity contribution in [2.45, 2.75) is 58.5 Å². The van der Waals surface area contributed by atoms with Crippen molar-refractivity contribution < 1.29 is 14.7 Å². The first-order valence-corrected chi connectivity index (χ1v) is 13.0. The highest BCUT2D eigenvalue weighted by Gasteiger charge is 2.54. The number of aromatic nitrogens is 2. The summed E-state index contributed by atoms with van der Waals surface area (Å²) in [5.41, 5.74) is 1.36. The highest BCUT2D eigenvalue weighted by molar-refractivity contribution is 7.15. The molecule has 2 aliphatic carbocycles. The molecule has 2 heterocycles. The summed E-state index contributed by atoms with van der Waals surface area (Å²) in [4.78, 5) is 37.1. The van der Waals surface area contributed by atoms with E-state index >= 15 is 0 Å². The van der Waals surface area contributed by atoms with Crippen molar-refractivity contribution in [1.82, 2.24) is 14.9 Å². The first-order chi connectivity index (χ1) is 16.7. The van der Waals surface area contributed by atoms with E-state index in [-0.39, 0.29) is 40.9 Å². The minimum absolute atomic E-state index is 0.00278. The Morgan fingerprint density at radius 1 is 1.40 bits per heavy atom. The summed E-state index contributed by atoms with van der Waals surface area (Å²) in [7, 11) is 1.72. The summed E-state index contributed by atoms with van der Waals surface area (Å²) in [6.07, 6.45) is 5.33. The highest BCUT2D eigenvalue weighted by atomic mass is 32.1. The van der Waals surface area contributed by atoms with Crippen LogP contribution in [0.5, 0.6) is 0 Å². The number of amides is 2. The van der Waals surface area contributed by atoms with Crippen LogP contribution in [0.1, 0.15) is 66.9 Å². The molecule has 0 saturated heterocycles. The predicted octanol–water partition coefficient (Wildman–Crippen LogP) is 3.85. The standard InChI is InChI=1S/C26H33N5O3S/c1-15(24(34)31(4)13-5-10-27)18-6-9-26(3)14-19-21(16(2)20(26)22(18)32)29-25(35-19)30-23(33)17-7-11-28-12-8-17/h7-8,11-12,15-16,18,20,22,32H,5-6,9,13-14H2,1-4H3,(H,29,30,33). The van der Waals surface area contributed by atoms with Crippen molar-refractivity contribution in [3.8, 4) is 6.07 Å². The lowest BCUT2D eigenvalue weighted by molar-refractivity contribution is -0.143. The molecule has 1 fully saturated rings. The largest absolute Gasteiger partial charge is 0.392 e. The average molecular weight is 496 g/mol. The van der Waals surface area contributed by atoms with Crippen LogP contribution in [0.3, 0.4) is 0 Å². The van der Waals surface area contributed by atoms with Gasteiger partial charge in [-0.2, -0.15) is 5.26 Å². The van der Waals surface area contributed by atoms with Crippen LogP contribution < -0.4 is 5.32 Å². The van der Waals surface area contributed by atoms with Crippen LogP contribution in [-0.4, -0.2) is 51.5 Å². The molecule has 6 atom stereocenters. The zero-order valence-electron chi connectivity index (χ0n) is 20.7. The van der Waals surface area contributed by atoms with Gasteiger partial charge in [-0.05, 0) is 48.6 Å². The number of aliphatic hydroxyl groups excluding tert-OH is 1. The number of aliphatic hydroxyl groups is 1. The number of nitrogens with zero attached hydrogens (tertiary/aromatic N) is 4. The van der Waals surface area contributed by atoms with Crippen LogP contribution >= 0.6 is 11.3 Å². The molecule has 186 valence electrons. The number of nitrogens with one attached hydrogen (secondary N) is 1. The Morgan fingerprint density at radius 2 is 2.11 bits per heavy atom. The minimum atomic E-state index is -0.628. The molecule has 9 heteroatoms. The Hall–Kier alpha value is -2.83. The molecule has 35 heavy (non-hydrogen) atoms. The van der Waals surface area contributed by atoms with E-state index in [0.29, 0.717) is 23.7 Å². The molecule has 0 aromatic carbocycles. The molecule has 8 nitrogen and oxygen atoms in total. The predicted molar refractivity (Wildman–Crippen MR) is 134 cm³/mol. The number of hydrogen-bond donors (Lipinski definition) is 2. The van der Waals surface area contributed by atoms with E-state index < -0.39 is 6.10 Å². The fraction of sp³-hybridized carbons (Fsp3) is 0.577. The Bertz CT molecular complexity index is 1130. The normalized spacial score (nSPS) is 28.2. The number of thiazole rings is 1. The minimum Gasteiger partial charge on any atom is -0.392 e.